The molecule has 0 saturated heterocycles. The van der Waals surface area contributed by atoms with E-state index in [0.717, 1.165) is 24.1 Å². The highest BCUT2D eigenvalue weighted by atomic mass is 16.3. The van der Waals surface area contributed by atoms with E-state index in [2.05, 4.69) is 0 Å². The zero-order valence-corrected chi connectivity index (χ0v) is 8.96. The standard InChI is InChI=1S/C12H19NO/c1-3-12(14,4-2)9-10-7-5-6-8-11(10)13/h5-8,14H,3-4,9,13H2,1-2H3. The number of nitrogens with two attached hydrogens (primary N) is 1. The highest BCUT2D eigenvalue weighted by Crippen LogP contribution is 2.23. The van der Waals surface area contributed by atoms with Gasteiger partial charge >= 0.3 is 0 Å². The van der Waals surface area contributed by atoms with Crippen LogP contribution in [0.25, 0.3) is 0 Å². The number of hydrogen-bond donors (Lipinski definition) is 2. The third kappa shape index (κ3) is 2.48. The Morgan fingerprint density at radius 1 is 1.21 bits per heavy atom. The molecule has 0 amide bonds. The molecule has 0 saturated carbocycles. The average Bonchev–Trinajstić information content (AvgIpc) is 2.21. The molecule has 0 atom stereocenters. The van der Waals surface area contributed by atoms with Gasteiger partial charge in [0.2, 0.25) is 0 Å². The minimum absolute atomic E-state index is 0.602. The van der Waals surface area contributed by atoms with Crippen molar-refractivity contribution in [2.24, 2.45) is 0 Å². The van der Waals surface area contributed by atoms with Crippen LogP contribution in [0.2, 0.25) is 0 Å². The third-order valence-corrected chi connectivity index (χ3v) is 2.89. The van der Waals surface area contributed by atoms with E-state index in [-0.39, 0.29) is 0 Å². The Balaban J connectivity index is 2.82. The third-order valence-electron chi connectivity index (χ3n) is 2.89. The molecule has 0 aromatic heterocycles. The summed E-state index contributed by atoms with van der Waals surface area (Å²) in [4.78, 5) is 0. The summed E-state index contributed by atoms with van der Waals surface area (Å²) < 4.78 is 0. The van der Waals surface area contributed by atoms with Crippen molar-refractivity contribution in [3.05, 3.63) is 29.8 Å². The van der Waals surface area contributed by atoms with Crippen LogP contribution in [-0.4, -0.2) is 10.7 Å². The lowest BCUT2D eigenvalue weighted by molar-refractivity contribution is 0.0328. The molecule has 0 bridgehead atoms. The molecule has 0 fully saturated rings. The topological polar surface area (TPSA) is 46.2 Å². The molecule has 0 radical (unpaired) electrons. The summed E-state index contributed by atoms with van der Waals surface area (Å²) in [5.74, 6) is 0. The van der Waals surface area contributed by atoms with Gasteiger partial charge in [-0.05, 0) is 24.5 Å². The number of anilines is 1. The van der Waals surface area contributed by atoms with Crippen LogP contribution in [0.5, 0.6) is 0 Å². The van der Waals surface area contributed by atoms with Crippen molar-refractivity contribution < 1.29 is 5.11 Å². The van der Waals surface area contributed by atoms with E-state index in [1.54, 1.807) is 0 Å². The molecule has 1 aromatic rings. The summed E-state index contributed by atoms with van der Waals surface area (Å²) >= 11 is 0. The van der Waals surface area contributed by atoms with Crippen LogP contribution in [0.1, 0.15) is 32.3 Å². The number of hydrogen-bond acceptors (Lipinski definition) is 2. The van der Waals surface area contributed by atoms with Crippen LogP contribution < -0.4 is 5.73 Å². The van der Waals surface area contributed by atoms with Gasteiger partial charge in [-0.15, -0.1) is 0 Å². The fourth-order valence-corrected chi connectivity index (χ4v) is 1.55. The van der Waals surface area contributed by atoms with E-state index in [1.807, 2.05) is 38.1 Å². The summed E-state index contributed by atoms with van der Waals surface area (Å²) in [7, 11) is 0. The lowest BCUT2D eigenvalue weighted by Crippen LogP contribution is -2.29. The fraction of sp³-hybridized carbons (Fsp3) is 0.500. The number of rotatable bonds is 4. The van der Waals surface area contributed by atoms with Gasteiger partial charge in [-0.2, -0.15) is 0 Å². The van der Waals surface area contributed by atoms with Crippen LogP contribution in [0.3, 0.4) is 0 Å². The van der Waals surface area contributed by atoms with Gasteiger partial charge in [-0.3, -0.25) is 0 Å². The van der Waals surface area contributed by atoms with Crippen molar-refractivity contribution in [2.45, 2.75) is 38.7 Å². The second-order valence-corrected chi connectivity index (χ2v) is 3.81. The predicted octanol–water partition coefficient (Wildman–Crippen LogP) is 2.36. The van der Waals surface area contributed by atoms with E-state index < -0.39 is 5.60 Å². The molecule has 1 rings (SSSR count). The van der Waals surface area contributed by atoms with E-state index in [9.17, 15) is 5.11 Å². The van der Waals surface area contributed by atoms with E-state index in [0.29, 0.717) is 6.42 Å². The summed E-state index contributed by atoms with van der Waals surface area (Å²) in [6.45, 7) is 4.01. The minimum atomic E-state index is -0.602. The van der Waals surface area contributed by atoms with Crippen LogP contribution in [0.4, 0.5) is 5.69 Å². The van der Waals surface area contributed by atoms with Crippen LogP contribution in [0.15, 0.2) is 24.3 Å². The predicted molar refractivity (Wildman–Crippen MR) is 60.1 cm³/mol. The maximum absolute atomic E-state index is 10.2. The normalized spacial score (nSPS) is 11.6. The minimum Gasteiger partial charge on any atom is -0.399 e. The molecule has 0 heterocycles. The molecule has 0 aliphatic heterocycles. The Bertz CT molecular complexity index is 292. The van der Waals surface area contributed by atoms with Gasteiger partial charge in [0.1, 0.15) is 0 Å². The van der Waals surface area contributed by atoms with E-state index in [4.69, 9.17) is 5.73 Å². The Hall–Kier alpha value is -1.02. The molecule has 3 N–H and O–H groups in total. The SMILES string of the molecule is CCC(O)(CC)Cc1ccccc1N. The maximum atomic E-state index is 10.2. The van der Waals surface area contributed by atoms with Crippen molar-refractivity contribution in [1.82, 2.24) is 0 Å². The first-order chi connectivity index (χ1) is 6.61. The lowest BCUT2D eigenvalue weighted by Gasteiger charge is -2.25. The number of benzene rings is 1. The van der Waals surface area contributed by atoms with Crippen LogP contribution in [-0.2, 0) is 6.42 Å². The van der Waals surface area contributed by atoms with Crippen molar-refractivity contribution in [2.75, 3.05) is 5.73 Å². The molecule has 2 heteroatoms. The van der Waals surface area contributed by atoms with Crippen molar-refractivity contribution in [1.29, 1.82) is 0 Å². The zero-order valence-electron chi connectivity index (χ0n) is 8.96. The second-order valence-electron chi connectivity index (χ2n) is 3.81. The highest BCUT2D eigenvalue weighted by Gasteiger charge is 2.23. The molecule has 0 spiro atoms. The first-order valence-electron chi connectivity index (χ1n) is 5.17. The van der Waals surface area contributed by atoms with Gasteiger partial charge in [0.15, 0.2) is 0 Å². The van der Waals surface area contributed by atoms with E-state index in [1.165, 1.54) is 0 Å². The number of nitrogen functional groups attached to an aromatic ring is 1. The van der Waals surface area contributed by atoms with Crippen molar-refractivity contribution in [3.63, 3.8) is 0 Å². The Labute approximate surface area is 85.8 Å². The molecule has 78 valence electrons. The van der Waals surface area contributed by atoms with Gasteiger partial charge in [0.05, 0.1) is 5.60 Å². The molecular formula is C12H19NO. The Kier molecular flexibility index (Phi) is 3.53. The van der Waals surface area contributed by atoms with Crippen molar-refractivity contribution >= 4 is 5.69 Å². The molecule has 1 aromatic carbocycles. The summed E-state index contributed by atoms with van der Waals surface area (Å²) in [6.07, 6.45) is 2.17. The largest absolute Gasteiger partial charge is 0.399 e. The Morgan fingerprint density at radius 2 is 1.79 bits per heavy atom. The van der Waals surface area contributed by atoms with Gasteiger partial charge in [-0.25, -0.2) is 0 Å². The average molecular weight is 193 g/mol. The first-order valence-corrected chi connectivity index (χ1v) is 5.17. The quantitative estimate of drug-likeness (QED) is 0.721. The smallest absolute Gasteiger partial charge is 0.0683 e. The molecule has 0 aliphatic carbocycles. The molecule has 0 aliphatic rings. The fourth-order valence-electron chi connectivity index (χ4n) is 1.55. The summed E-state index contributed by atoms with van der Waals surface area (Å²) in [6, 6.07) is 7.72. The second kappa shape index (κ2) is 4.47. The van der Waals surface area contributed by atoms with E-state index >= 15 is 0 Å². The van der Waals surface area contributed by atoms with Gasteiger partial charge in [0, 0.05) is 12.1 Å². The van der Waals surface area contributed by atoms with Crippen LogP contribution in [0, 0.1) is 0 Å². The molecule has 14 heavy (non-hydrogen) atoms. The first kappa shape index (κ1) is 11.1. The van der Waals surface area contributed by atoms with Gasteiger partial charge in [-0.1, -0.05) is 32.0 Å². The molecule has 2 nitrogen and oxygen atoms in total. The summed E-state index contributed by atoms with van der Waals surface area (Å²) in [5.41, 5.74) is 7.04. The Morgan fingerprint density at radius 3 is 2.29 bits per heavy atom. The zero-order chi connectivity index (χ0) is 10.6. The highest BCUT2D eigenvalue weighted by molar-refractivity contribution is 5.46. The lowest BCUT2D eigenvalue weighted by atomic mass is 9.89. The summed E-state index contributed by atoms with van der Waals surface area (Å²) in [5, 5.41) is 10.2. The van der Waals surface area contributed by atoms with Gasteiger partial charge in [0.25, 0.3) is 0 Å². The van der Waals surface area contributed by atoms with Crippen molar-refractivity contribution in [3.8, 4) is 0 Å². The monoisotopic (exact) mass is 193 g/mol. The molecular weight excluding hydrogens is 174 g/mol. The number of aliphatic hydroxyl groups is 1. The van der Waals surface area contributed by atoms with Gasteiger partial charge < -0.3 is 10.8 Å². The maximum Gasteiger partial charge on any atom is 0.0683 e. The van der Waals surface area contributed by atoms with Crippen LogP contribution >= 0.6 is 0 Å². The number of para-hydroxylation sites is 1. The molecule has 0 unspecified atom stereocenters.